The van der Waals surface area contributed by atoms with Crippen LogP contribution in [0.2, 0.25) is 0 Å². The van der Waals surface area contributed by atoms with E-state index in [1.165, 1.54) is 29.8 Å². The number of ketones is 1. The van der Waals surface area contributed by atoms with Crippen molar-refractivity contribution in [3.05, 3.63) is 23.3 Å². The van der Waals surface area contributed by atoms with Crippen molar-refractivity contribution in [2.24, 2.45) is 5.92 Å². The fraction of sp³-hybridized carbons (Fsp3) is 0.647. The van der Waals surface area contributed by atoms with E-state index in [-0.39, 0.29) is 23.4 Å². The molecule has 0 saturated heterocycles. The molecule has 0 heterocycles. The maximum atomic E-state index is 11.9. The van der Waals surface area contributed by atoms with Crippen LogP contribution < -0.4 is 0 Å². The summed E-state index contributed by atoms with van der Waals surface area (Å²) < 4.78 is 0. The summed E-state index contributed by atoms with van der Waals surface area (Å²) in [6.07, 6.45) is 7.21. The molecule has 0 aliphatic carbocycles. The standard InChI is InChI=1S/C17H28O3S/c1-13(6-5-7-14(2)10-11-18)8-9-17(20)15(3)12-21-16(4)19/h6,10,15,18H,5,7-9,11-12H2,1-4H3. The molecule has 0 aromatic heterocycles. The Bertz CT molecular complexity index is 397. The first-order chi connectivity index (χ1) is 9.86. The van der Waals surface area contributed by atoms with E-state index in [1.807, 2.05) is 26.8 Å². The average Bonchev–Trinajstić information content (AvgIpc) is 2.42. The summed E-state index contributed by atoms with van der Waals surface area (Å²) in [5.41, 5.74) is 2.42. The fourth-order valence-corrected chi connectivity index (χ4v) is 2.48. The smallest absolute Gasteiger partial charge is 0.185 e. The van der Waals surface area contributed by atoms with Gasteiger partial charge in [-0.3, -0.25) is 9.59 Å². The zero-order valence-electron chi connectivity index (χ0n) is 13.6. The van der Waals surface area contributed by atoms with Gasteiger partial charge in [0.15, 0.2) is 5.12 Å². The zero-order chi connectivity index (χ0) is 16.3. The Kier molecular flexibility index (Phi) is 11.3. The van der Waals surface area contributed by atoms with Gasteiger partial charge in [0, 0.05) is 25.0 Å². The van der Waals surface area contributed by atoms with Gasteiger partial charge < -0.3 is 5.11 Å². The first-order valence-corrected chi connectivity index (χ1v) is 8.43. The molecule has 1 N–H and O–H groups in total. The van der Waals surface area contributed by atoms with E-state index < -0.39 is 0 Å². The SMILES string of the molecule is CC(=O)SCC(C)C(=O)CCC(C)=CCCC(C)=CCO. The largest absolute Gasteiger partial charge is 0.392 e. The quantitative estimate of drug-likeness (QED) is 0.621. The third kappa shape index (κ3) is 11.5. The van der Waals surface area contributed by atoms with Crippen LogP contribution >= 0.6 is 11.8 Å². The van der Waals surface area contributed by atoms with Crippen LogP contribution in [0, 0.1) is 5.92 Å². The lowest BCUT2D eigenvalue weighted by molar-refractivity contribution is -0.121. The minimum Gasteiger partial charge on any atom is -0.392 e. The van der Waals surface area contributed by atoms with Gasteiger partial charge >= 0.3 is 0 Å². The van der Waals surface area contributed by atoms with Gasteiger partial charge in [-0.15, -0.1) is 0 Å². The van der Waals surface area contributed by atoms with Crippen molar-refractivity contribution in [3.63, 3.8) is 0 Å². The summed E-state index contributed by atoms with van der Waals surface area (Å²) in [6.45, 7) is 7.58. The van der Waals surface area contributed by atoms with Crippen LogP contribution in [0.4, 0.5) is 0 Å². The van der Waals surface area contributed by atoms with E-state index in [9.17, 15) is 9.59 Å². The molecule has 120 valence electrons. The van der Waals surface area contributed by atoms with Crippen LogP contribution in [0.1, 0.15) is 53.4 Å². The number of rotatable bonds is 10. The molecule has 1 atom stereocenters. The van der Waals surface area contributed by atoms with Gasteiger partial charge in [0.05, 0.1) is 6.61 Å². The van der Waals surface area contributed by atoms with Crippen molar-refractivity contribution in [2.45, 2.75) is 53.4 Å². The number of allylic oxidation sites excluding steroid dienone is 3. The predicted octanol–water partition coefficient (Wildman–Crippen LogP) is 3.92. The molecule has 0 amide bonds. The molecule has 21 heavy (non-hydrogen) atoms. The minimum atomic E-state index is -0.0542. The highest BCUT2D eigenvalue weighted by atomic mass is 32.2. The zero-order valence-corrected chi connectivity index (χ0v) is 14.5. The summed E-state index contributed by atoms with van der Waals surface area (Å²) in [4.78, 5) is 22.8. The van der Waals surface area contributed by atoms with E-state index in [4.69, 9.17) is 5.11 Å². The van der Waals surface area contributed by atoms with Crippen LogP contribution in [-0.4, -0.2) is 28.4 Å². The van der Waals surface area contributed by atoms with Crippen LogP contribution in [0.25, 0.3) is 0 Å². The Balaban J connectivity index is 4.00. The Labute approximate surface area is 132 Å². The summed E-state index contributed by atoms with van der Waals surface area (Å²) in [5.74, 6) is 0.761. The predicted molar refractivity (Wildman–Crippen MR) is 90.4 cm³/mol. The molecule has 4 heteroatoms. The maximum Gasteiger partial charge on any atom is 0.185 e. The van der Waals surface area contributed by atoms with Gasteiger partial charge in [0.2, 0.25) is 0 Å². The second-order valence-corrected chi connectivity index (χ2v) is 6.69. The van der Waals surface area contributed by atoms with Gasteiger partial charge in [-0.1, -0.05) is 42.0 Å². The van der Waals surface area contributed by atoms with Crippen molar-refractivity contribution in [2.75, 3.05) is 12.4 Å². The Morgan fingerprint density at radius 3 is 2.24 bits per heavy atom. The third-order valence-corrected chi connectivity index (χ3v) is 4.40. The molecule has 0 radical (unpaired) electrons. The highest BCUT2D eigenvalue weighted by molar-refractivity contribution is 8.13. The van der Waals surface area contributed by atoms with Crippen molar-refractivity contribution in [1.29, 1.82) is 0 Å². The van der Waals surface area contributed by atoms with Gasteiger partial charge in [0.25, 0.3) is 0 Å². The molecule has 0 aliphatic rings. The van der Waals surface area contributed by atoms with Crippen molar-refractivity contribution in [3.8, 4) is 0 Å². The number of hydrogen-bond acceptors (Lipinski definition) is 4. The molecule has 3 nitrogen and oxygen atoms in total. The van der Waals surface area contributed by atoms with Crippen LogP contribution in [-0.2, 0) is 9.59 Å². The van der Waals surface area contributed by atoms with Crippen LogP contribution in [0.5, 0.6) is 0 Å². The molecule has 0 saturated carbocycles. The Morgan fingerprint density at radius 2 is 1.67 bits per heavy atom. The minimum absolute atomic E-state index is 0.0542. The Morgan fingerprint density at radius 1 is 1.05 bits per heavy atom. The Hall–Kier alpha value is -0.870. The molecule has 0 fully saturated rings. The van der Waals surface area contributed by atoms with E-state index >= 15 is 0 Å². The van der Waals surface area contributed by atoms with E-state index in [0.29, 0.717) is 12.2 Å². The molecule has 0 aromatic carbocycles. The summed E-state index contributed by atoms with van der Waals surface area (Å²) in [7, 11) is 0. The van der Waals surface area contributed by atoms with E-state index in [0.717, 1.165) is 19.3 Å². The molecule has 0 aliphatic heterocycles. The normalized spacial score (nSPS) is 14.1. The second-order valence-electron chi connectivity index (χ2n) is 5.49. The molecule has 0 bridgehead atoms. The van der Waals surface area contributed by atoms with Crippen LogP contribution in [0.3, 0.4) is 0 Å². The summed E-state index contributed by atoms with van der Waals surface area (Å²) >= 11 is 1.22. The number of aliphatic hydroxyl groups excluding tert-OH is 1. The van der Waals surface area contributed by atoms with Gasteiger partial charge in [0.1, 0.15) is 5.78 Å². The molecule has 0 rings (SSSR count). The fourth-order valence-electron chi connectivity index (χ4n) is 1.81. The molecular formula is C17H28O3S. The second kappa shape index (κ2) is 11.8. The van der Waals surface area contributed by atoms with Crippen molar-refractivity contribution < 1.29 is 14.7 Å². The number of thioether (sulfide) groups is 1. The lowest BCUT2D eigenvalue weighted by Gasteiger charge is -2.09. The summed E-state index contributed by atoms with van der Waals surface area (Å²) in [5, 5.41) is 8.84. The topological polar surface area (TPSA) is 54.4 Å². The van der Waals surface area contributed by atoms with Gasteiger partial charge in [-0.25, -0.2) is 0 Å². The highest BCUT2D eigenvalue weighted by Gasteiger charge is 2.13. The van der Waals surface area contributed by atoms with Gasteiger partial charge in [-0.05, 0) is 33.1 Å². The van der Waals surface area contributed by atoms with E-state index in [2.05, 4.69) is 6.08 Å². The molecular weight excluding hydrogens is 284 g/mol. The number of carbonyl (C=O) groups is 2. The summed E-state index contributed by atoms with van der Waals surface area (Å²) in [6, 6.07) is 0. The lowest BCUT2D eigenvalue weighted by Crippen LogP contribution is -2.14. The number of carbonyl (C=O) groups excluding carboxylic acids is 2. The number of hydrogen-bond donors (Lipinski definition) is 1. The van der Waals surface area contributed by atoms with Crippen molar-refractivity contribution in [1.82, 2.24) is 0 Å². The molecule has 0 spiro atoms. The molecule has 0 aromatic rings. The van der Waals surface area contributed by atoms with E-state index in [1.54, 1.807) is 0 Å². The monoisotopic (exact) mass is 312 g/mol. The van der Waals surface area contributed by atoms with Crippen molar-refractivity contribution >= 4 is 22.7 Å². The lowest BCUT2D eigenvalue weighted by atomic mass is 10.0. The first-order valence-electron chi connectivity index (χ1n) is 7.45. The molecule has 1 unspecified atom stereocenters. The number of aliphatic hydroxyl groups is 1. The van der Waals surface area contributed by atoms with Crippen LogP contribution in [0.15, 0.2) is 23.3 Å². The van der Waals surface area contributed by atoms with Gasteiger partial charge in [-0.2, -0.15) is 0 Å². The number of Topliss-reactive ketones (excluding diaryl/α,β-unsaturated/α-hetero) is 1. The maximum absolute atomic E-state index is 11.9. The highest BCUT2D eigenvalue weighted by Crippen LogP contribution is 2.15. The average molecular weight is 312 g/mol. The first kappa shape index (κ1) is 20.1. The third-order valence-electron chi connectivity index (χ3n) is 3.32.